The Labute approximate surface area is 296 Å². The van der Waals surface area contributed by atoms with Crippen LogP contribution >= 0.6 is 23.5 Å². The van der Waals surface area contributed by atoms with Crippen molar-refractivity contribution in [1.82, 2.24) is 0 Å². The molecule has 0 unspecified atom stereocenters. The Morgan fingerprint density at radius 1 is 1.06 bits per heavy atom. The number of hydrogen-bond donors (Lipinski definition) is 1. The van der Waals surface area contributed by atoms with Gasteiger partial charge in [0.1, 0.15) is 29.3 Å². The summed E-state index contributed by atoms with van der Waals surface area (Å²) in [6.45, 7) is 14.3. The Kier molecular flexibility index (Phi) is 11.7. The van der Waals surface area contributed by atoms with Crippen molar-refractivity contribution in [1.29, 1.82) is 0 Å². The van der Waals surface area contributed by atoms with E-state index in [0.29, 0.717) is 24.2 Å². The minimum absolute atomic E-state index is 0.00260. The van der Waals surface area contributed by atoms with Gasteiger partial charge in [-0.15, -0.1) is 30.1 Å². The SMILES string of the molecule is C=C[C@H]1O[C@@H]1C[C@@H](C)OC(=O)c1c(O)cc(O[Si](c2ccccc2)(c2ccccc2)C(C)(C)C)cc1CC1(/C=C/C=C\C)SCCCS1. The maximum absolute atomic E-state index is 13.9. The summed E-state index contributed by atoms with van der Waals surface area (Å²) in [7, 11) is -3.01. The topological polar surface area (TPSA) is 68.3 Å². The highest BCUT2D eigenvalue weighted by Gasteiger charge is 2.52. The van der Waals surface area contributed by atoms with E-state index in [0.717, 1.165) is 28.3 Å². The van der Waals surface area contributed by atoms with Gasteiger partial charge in [-0.2, -0.15) is 0 Å². The predicted molar refractivity (Wildman–Crippen MR) is 205 cm³/mol. The number of allylic oxidation sites excluding steroid dienone is 3. The van der Waals surface area contributed by atoms with Crippen molar-refractivity contribution >= 4 is 48.2 Å². The lowest BCUT2D eigenvalue weighted by molar-refractivity contribution is 0.0305. The molecule has 48 heavy (non-hydrogen) atoms. The van der Waals surface area contributed by atoms with E-state index in [9.17, 15) is 9.90 Å². The van der Waals surface area contributed by atoms with Crippen LogP contribution in [0.15, 0.2) is 110 Å². The quantitative estimate of drug-likeness (QED) is 0.0631. The van der Waals surface area contributed by atoms with Gasteiger partial charge in [-0.05, 0) is 58.8 Å². The van der Waals surface area contributed by atoms with Crippen LogP contribution in [0.25, 0.3) is 0 Å². The molecule has 2 aliphatic rings. The average molecular weight is 701 g/mol. The van der Waals surface area contributed by atoms with E-state index in [-0.39, 0.29) is 32.6 Å². The van der Waals surface area contributed by atoms with Crippen LogP contribution in [0.2, 0.25) is 5.04 Å². The van der Waals surface area contributed by atoms with Crippen molar-refractivity contribution < 1.29 is 23.8 Å². The van der Waals surface area contributed by atoms with Gasteiger partial charge in [0.25, 0.3) is 0 Å². The molecule has 254 valence electrons. The van der Waals surface area contributed by atoms with Crippen LogP contribution in [0.1, 0.15) is 63.4 Å². The number of epoxide rings is 1. The molecule has 2 heterocycles. The predicted octanol–water partition coefficient (Wildman–Crippen LogP) is 8.46. The first-order chi connectivity index (χ1) is 23.0. The lowest BCUT2D eigenvalue weighted by Gasteiger charge is -2.43. The Balaban J connectivity index is 1.61. The van der Waals surface area contributed by atoms with E-state index in [4.69, 9.17) is 13.9 Å². The molecule has 2 saturated heterocycles. The fraction of sp³-hybridized carbons (Fsp3) is 0.375. The number of thioether (sulfide) groups is 2. The first-order valence-electron chi connectivity index (χ1n) is 16.8. The molecule has 3 aromatic rings. The van der Waals surface area contributed by atoms with Crippen molar-refractivity contribution in [2.75, 3.05) is 11.5 Å². The number of phenolic OH excluding ortho intramolecular Hbond substituents is 1. The largest absolute Gasteiger partial charge is 0.534 e. The lowest BCUT2D eigenvalue weighted by atomic mass is 10.00. The third kappa shape index (κ3) is 8.16. The fourth-order valence-electron chi connectivity index (χ4n) is 6.51. The second-order valence-corrected chi connectivity index (χ2v) is 20.8. The Hall–Kier alpha value is -3.17. The van der Waals surface area contributed by atoms with Gasteiger partial charge in [0, 0.05) is 18.9 Å². The number of esters is 1. The van der Waals surface area contributed by atoms with Gasteiger partial charge >= 0.3 is 14.3 Å². The van der Waals surface area contributed by atoms with Gasteiger partial charge in [-0.3, -0.25) is 0 Å². The number of benzene rings is 3. The van der Waals surface area contributed by atoms with Crippen molar-refractivity contribution in [2.45, 2.75) is 81.3 Å². The van der Waals surface area contributed by atoms with Crippen molar-refractivity contribution in [3.8, 4) is 11.5 Å². The summed E-state index contributed by atoms with van der Waals surface area (Å²) < 4.78 is 18.6. The number of carbonyl (C=O) groups is 1. The maximum Gasteiger partial charge on any atom is 0.342 e. The molecule has 0 radical (unpaired) electrons. The highest BCUT2D eigenvalue weighted by atomic mass is 32.2. The molecular formula is C40H48O5S2Si. The second kappa shape index (κ2) is 15.6. The van der Waals surface area contributed by atoms with Crippen LogP contribution in [-0.2, 0) is 15.9 Å². The summed E-state index contributed by atoms with van der Waals surface area (Å²) in [5.41, 5.74) is 0.901. The summed E-state index contributed by atoms with van der Waals surface area (Å²) >= 11 is 3.77. The number of aromatic hydroxyl groups is 1. The zero-order valence-electron chi connectivity index (χ0n) is 28.7. The van der Waals surface area contributed by atoms with E-state index in [1.165, 1.54) is 0 Å². The molecule has 0 bridgehead atoms. The number of ether oxygens (including phenoxy) is 2. The highest BCUT2D eigenvalue weighted by Crippen LogP contribution is 2.48. The van der Waals surface area contributed by atoms with Gasteiger partial charge in [0.05, 0.1) is 10.2 Å². The van der Waals surface area contributed by atoms with Crippen molar-refractivity contribution in [2.24, 2.45) is 0 Å². The molecule has 3 aromatic carbocycles. The summed E-state index contributed by atoms with van der Waals surface area (Å²) in [4.78, 5) is 13.9. The number of rotatable bonds is 13. The molecule has 5 rings (SSSR count). The summed E-state index contributed by atoms with van der Waals surface area (Å²) in [5, 5.41) is 13.7. The van der Waals surface area contributed by atoms with Crippen LogP contribution in [0, 0.1) is 0 Å². The monoisotopic (exact) mass is 700 g/mol. The number of hydrogen-bond acceptors (Lipinski definition) is 7. The third-order valence-corrected chi connectivity index (χ3v) is 17.0. The van der Waals surface area contributed by atoms with Crippen LogP contribution in [0.3, 0.4) is 0 Å². The molecule has 2 fully saturated rings. The third-order valence-electron chi connectivity index (χ3n) is 8.86. The number of phenols is 1. The zero-order chi connectivity index (χ0) is 34.4. The van der Waals surface area contributed by atoms with Crippen LogP contribution in [0.4, 0.5) is 0 Å². The Morgan fingerprint density at radius 3 is 2.23 bits per heavy atom. The molecular weight excluding hydrogens is 653 g/mol. The molecule has 0 aliphatic carbocycles. The molecule has 5 nitrogen and oxygen atoms in total. The zero-order valence-corrected chi connectivity index (χ0v) is 31.3. The molecule has 0 amide bonds. The number of carbonyl (C=O) groups excluding carboxylic acids is 1. The Bertz CT molecular complexity index is 1570. The maximum atomic E-state index is 13.9. The normalized spacial score (nSPS) is 20.0. The van der Waals surface area contributed by atoms with Gasteiger partial charge in [-0.25, -0.2) is 4.79 Å². The highest BCUT2D eigenvalue weighted by molar-refractivity contribution is 8.19. The van der Waals surface area contributed by atoms with E-state index in [2.05, 4.69) is 88.0 Å². The fourth-order valence-corrected chi connectivity index (χ4v) is 14.1. The second-order valence-electron chi connectivity index (χ2n) is 13.5. The first-order valence-corrected chi connectivity index (χ1v) is 20.6. The van der Waals surface area contributed by atoms with Gasteiger partial charge in [-0.1, -0.05) is 112 Å². The molecule has 0 aromatic heterocycles. The summed E-state index contributed by atoms with van der Waals surface area (Å²) in [6.07, 6.45) is 11.9. The van der Waals surface area contributed by atoms with E-state index < -0.39 is 20.4 Å². The minimum Gasteiger partial charge on any atom is -0.534 e. The molecule has 0 saturated carbocycles. The average Bonchev–Trinajstić information content (AvgIpc) is 3.81. The van der Waals surface area contributed by atoms with E-state index in [1.54, 1.807) is 12.1 Å². The summed E-state index contributed by atoms with van der Waals surface area (Å²) in [6, 6.07) is 24.4. The van der Waals surface area contributed by atoms with Gasteiger partial charge < -0.3 is 19.0 Å². The van der Waals surface area contributed by atoms with Crippen LogP contribution in [0.5, 0.6) is 11.5 Å². The molecule has 8 heteroatoms. The first kappa shape index (κ1) is 36.1. The van der Waals surface area contributed by atoms with E-state index >= 15 is 0 Å². The van der Waals surface area contributed by atoms with Crippen molar-refractivity contribution in [3.63, 3.8) is 0 Å². The van der Waals surface area contributed by atoms with Gasteiger partial charge in [0.2, 0.25) is 0 Å². The molecule has 3 atom stereocenters. The van der Waals surface area contributed by atoms with Gasteiger partial charge in [0.15, 0.2) is 0 Å². The van der Waals surface area contributed by atoms with Crippen LogP contribution in [-0.4, -0.2) is 53.3 Å². The summed E-state index contributed by atoms with van der Waals surface area (Å²) in [5.74, 6) is 1.89. The lowest BCUT2D eigenvalue weighted by Crippen LogP contribution is -2.68. The standard InChI is InChI=1S/C40H48O5S2Si/c1-7-9-16-22-40(46-23-17-24-47-40)28-30-26-31(27-34(41)37(30)38(42)43-29(3)25-36-35(8-2)44-36)45-48(39(4,5)6,32-18-12-10-13-19-32)33-20-14-11-15-21-33/h7-16,18-22,26-27,29,35-36,41H,2,17,23-25,28H2,1,3-6H3/b9-7-,22-16+/t29-,35-,36-/m1/s1. The molecule has 1 N–H and O–H groups in total. The minimum atomic E-state index is -3.01. The van der Waals surface area contributed by atoms with E-state index in [1.807, 2.05) is 67.7 Å². The molecule has 2 aliphatic heterocycles. The van der Waals surface area contributed by atoms with Crippen LogP contribution < -0.4 is 14.8 Å². The smallest absolute Gasteiger partial charge is 0.342 e. The van der Waals surface area contributed by atoms with Crippen molar-refractivity contribution in [3.05, 3.63) is 121 Å². The molecule has 0 spiro atoms. The Morgan fingerprint density at radius 2 is 1.69 bits per heavy atom.